The van der Waals surface area contributed by atoms with E-state index in [2.05, 4.69) is 19.9 Å². The zero-order valence-corrected chi connectivity index (χ0v) is 28.1. The van der Waals surface area contributed by atoms with Gasteiger partial charge >= 0.3 is 47.9 Å². The number of rotatable bonds is 15. The van der Waals surface area contributed by atoms with Crippen LogP contribution in [0.25, 0.3) is 0 Å². The number of benzene rings is 1. The number of halogens is 7. The number of aliphatic carboxylic acids is 1. The number of hydrogen-bond donors (Lipinski definition) is 1. The van der Waals surface area contributed by atoms with Gasteiger partial charge in [0, 0.05) is 44.4 Å². The Morgan fingerprint density at radius 3 is 2.15 bits per heavy atom. The molecule has 0 amide bonds. The van der Waals surface area contributed by atoms with E-state index < -0.39 is 36.0 Å². The van der Waals surface area contributed by atoms with Crippen molar-refractivity contribution in [1.82, 2.24) is 15.0 Å². The summed E-state index contributed by atoms with van der Waals surface area (Å²) in [6.07, 6.45) is -2.79. The summed E-state index contributed by atoms with van der Waals surface area (Å²) in [5, 5.41) is 9.10. The van der Waals surface area contributed by atoms with E-state index in [0.717, 1.165) is 25.8 Å². The van der Waals surface area contributed by atoms with Crippen molar-refractivity contribution in [2.45, 2.75) is 64.5 Å². The van der Waals surface area contributed by atoms with Gasteiger partial charge in [-0.15, -0.1) is 0 Å². The van der Waals surface area contributed by atoms with Crippen LogP contribution >= 0.6 is 11.6 Å². The Labute approximate surface area is 290 Å². The van der Waals surface area contributed by atoms with Gasteiger partial charge in [0.05, 0.1) is 35.2 Å². The number of pyridine rings is 1. The topological polar surface area (TPSA) is 91.7 Å². The van der Waals surface area contributed by atoms with Crippen molar-refractivity contribution in [3.63, 3.8) is 0 Å². The molecule has 246 valence electrons. The summed E-state index contributed by atoms with van der Waals surface area (Å²) in [4.78, 5) is 27.4. The number of nitrogens with zero attached hydrogens (tertiary/aromatic N) is 5. The van der Waals surface area contributed by atoms with E-state index in [0.29, 0.717) is 41.0 Å². The third kappa shape index (κ3) is 11.2. The van der Waals surface area contributed by atoms with Gasteiger partial charge in [-0.3, -0.25) is 4.79 Å². The summed E-state index contributed by atoms with van der Waals surface area (Å²) in [6, 6.07) is 3.10. The van der Waals surface area contributed by atoms with E-state index in [1.54, 1.807) is 6.07 Å². The molecular weight excluding hydrogens is 651 g/mol. The second-order valence-corrected chi connectivity index (χ2v) is 11.3. The zero-order chi connectivity index (χ0) is 32.8. The minimum atomic E-state index is -5.01. The molecule has 1 aromatic carbocycles. The Kier molecular flexibility index (Phi) is 13.4. The van der Waals surface area contributed by atoms with Gasteiger partial charge in [-0.2, -0.15) is 26.3 Å². The van der Waals surface area contributed by atoms with Gasteiger partial charge in [-0.05, 0) is 61.4 Å². The summed E-state index contributed by atoms with van der Waals surface area (Å²) in [5.41, 5.74) is -2.52. The molecule has 1 aliphatic rings. The summed E-state index contributed by atoms with van der Waals surface area (Å²) in [7, 11) is 0. The first-order valence-electron chi connectivity index (χ1n) is 14.3. The van der Waals surface area contributed by atoms with Crippen molar-refractivity contribution in [1.29, 1.82) is 0 Å². The van der Waals surface area contributed by atoms with Crippen molar-refractivity contribution in [3.8, 4) is 5.75 Å². The fourth-order valence-corrected chi connectivity index (χ4v) is 4.92. The number of aromatic nitrogens is 3. The number of hydrogen-bond acceptors (Lipinski definition) is 7. The summed E-state index contributed by atoms with van der Waals surface area (Å²) >= 11 is 6.31. The maximum atomic E-state index is 13.6. The molecule has 2 aromatic heterocycles. The van der Waals surface area contributed by atoms with E-state index in [4.69, 9.17) is 21.4 Å². The maximum absolute atomic E-state index is 13.6. The number of carboxylic acids is 1. The number of carbonyl (C=O) groups is 1. The molecule has 0 unspecified atom stereocenters. The van der Waals surface area contributed by atoms with Gasteiger partial charge in [0.15, 0.2) is 5.75 Å². The molecule has 1 fully saturated rings. The van der Waals surface area contributed by atoms with Crippen LogP contribution in [0.4, 0.5) is 38.1 Å². The minimum Gasteiger partial charge on any atom is -1.00 e. The summed E-state index contributed by atoms with van der Waals surface area (Å²) in [5.74, 6) is 0.362. The molecule has 0 aliphatic heterocycles. The largest absolute Gasteiger partial charge is 1.00 e. The third-order valence-corrected chi connectivity index (χ3v) is 7.17. The van der Waals surface area contributed by atoms with Crippen LogP contribution in [0.15, 0.2) is 42.9 Å². The van der Waals surface area contributed by atoms with Gasteiger partial charge in [-0.25, -0.2) is 15.0 Å². The quantitative estimate of drug-likeness (QED) is 0.139. The molecule has 46 heavy (non-hydrogen) atoms. The first-order valence-corrected chi connectivity index (χ1v) is 14.7. The van der Waals surface area contributed by atoms with Crippen LogP contribution in [-0.2, 0) is 30.2 Å². The van der Waals surface area contributed by atoms with Crippen LogP contribution in [0.1, 0.15) is 62.7 Å². The molecule has 2 heterocycles. The van der Waals surface area contributed by atoms with E-state index >= 15 is 0 Å². The Hall–Kier alpha value is -2.81. The molecular formula is C30H33ClF6N5NaO3. The van der Waals surface area contributed by atoms with E-state index in [1.807, 2.05) is 6.92 Å². The van der Waals surface area contributed by atoms with Crippen molar-refractivity contribution >= 4 is 29.3 Å². The molecule has 1 aliphatic carbocycles. The molecule has 1 saturated carbocycles. The Morgan fingerprint density at radius 1 is 0.978 bits per heavy atom. The van der Waals surface area contributed by atoms with Crippen molar-refractivity contribution < 1.29 is 72.0 Å². The Morgan fingerprint density at radius 2 is 1.61 bits per heavy atom. The smallest absolute Gasteiger partial charge is 1.00 e. The second-order valence-electron chi connectivity index (χ2n) is 10.9. The summed E-state index contributed by atoms with van der Waals surface area (Å²) < 4.78 is 87.4. The number of carboxylic acid groups (broad SMARTS) is 1. The molecule has 3 aromatic rings. The van der Waals surface area contributed by atoms with Crippen molar-refractivity contribution in [2.24, 2.45) is 5.92 Å². The SMILES string of the molecule is CCCN(CC1CC1)c1ncc(Cl)cc1CN(Cc1cc(C(F)(F)F)cc(C(F)(F)F)c1)c1ncc(OCCCC(=O)O)cn1.[H-].[Na+]. The Balaban J connectivity index is 0.00000384. The van der Waals surface area contributed by atoms with Crippen molar-refractivity contribution in [3.05, 3.63) is 70.1 Å². The standard InChI is InChI=1S/C30H32ClF6N5O3.Na.H/c1-2-7-41(16-19-5-6-19)27-21(11-24(31)13-38-27)18-42(28-39-14-25(15-40-28)45-8-3-4-26(43)44)17-20-9-22(29(32,33)34)12-23(10-20)30(35,36)37;;/h9-15,19H,2-8,16-18H2,1H3,(H,43,44);;/q;+1;-1. The molecule has 4 rings (SSSR count). The molecule has 1 N–H and O–H groups in total. The predicted molar refractivity (Wildman–Crippen MR) is 156 cm³/mol. The van der Waals surface area contributed by atoms with Crippen LogP contribution in [-0.4, -0.2) is 45.7 Å². The molecule has 0 bridgehead atoms. The van der Waals surface area contributed by atoms with Gasteiger partial charge in [0.1, 0.15) is 5.82 Å². The average molecular weight is 684 g/mol. The first kappa shape index (κ1) is 37.6. The van der Waals surface area contributed by atoms with E-state index in [1.165, 1.54) is 23.5 Å². The van der Waals surface area contributed by atoms with Gasteiger partial charge in [0.25, 0.3) is 0 Å². The van der Waals surface area contributed by atoms with E-state index in [-0.39, 0.29) is 80.3 Å². The number of ether oxygens (including phenoxy) is 1. The van der Waals surface area contributed by atoms with Crippen LogP contribution in [0.5, 0.6) is 5.75 Å². The molecule has 0 saturated heterocycles. The monoisotopic (exact) mass is 683 g/mol. The first-order chi connectivity index (χ1) is 21.2. The molecule has 0 radical (unpaired) electrons. The van der Waals surface area contributed by atoms with Crippen LogP contribution < -0.4 is 44.1 Å². The van der Waals surface area contributed by atoms with Gasteiger partial charge in [0.2, 0.25) is 5.95 Å². The third-order valence-electron chi connectivity index (χ3n) is 6.96. The fraction of sp³-hybridized carbons (Fsp3) is 0.467. The maximum Gasteiger partial charge on any atom is 1.00 e. The average Bonchev–Trinajstić information content (AvgIpc) is 3.78. The van der Waals surface area contributed by atoms with Crippen LogP contribution in [0.3, 0.4) is 0 Å². The summed E-state index contributed by atoms with van der Waals surface area (Å²) in [6.45, 7) is 3.09. The number of alkyl halides is 6. The number of anilines is 2. The molecule has 0 spiro atoms. The fourth-order valence-electron chi connectivity index (χ4n) is 4.74. The molecule has 16 heteroatoms. The molecule has 8 nitrogen and oxygen atoms in total. The van der Waals surface area contributed by atoms with Gasteiger partial charge < -0.3 is 21.1 Å². The van der Waals surface area contributed by atoms with Crippen LogP contribution in [0, 0.1) is 5.92 Å². The second kappa shape index (κ2) is 16.3. The van der Waals surface area contributed by atoms with Gasteiger partial charge in [-0.1, -0.05) is 18.5 Å². The van der Waals surface area contributed by atoms with Crippen LogP contribution in [0.2, 0.25) is 5.02 Å². The van der Waals surface area contributed by atoms with E-state index in [9.17, 15) is 31.1 Å². The Bertz CT molecular complexity index is 1430. The normalized spacial score (nSPS) is 13.2. The predicted octanol–water partition coefficient (Wildman–Crippen LogP) is 4.76. The zero-order valence-electron chi connectivity index (χ0n) is 26.3. The van der Waals surface area contributed by atoms with Crippen molar-refractivity contribution in [2.75, 3.05) is 29.5 Å². The molecule has 0 atom stereocenters. The minimum absolute atomic E-state index is 0.